The Hall–Kier alpha value is -3.26. The van der Waals surface area contributed by atoms with Gasteiger partial charge in [0.15, 0.2) is 0 Å². The summed E-state index contributed by atoms with van der Waals surface area (Å²) in [6.07, 6.45) is 1.34. The minimum absolute atomic E-state index is 0.233. The second kappa shape index (κ2) is 7.34. The van der Waals surface area contributed by atoms with Crippen LogP contribution in [0.3, 0.4) is 0 Å². The highest BCUT2D eigenvalue weighted by Gasteiger charge is 2.01. The van der Waals surface area contributed by atoms with Crippen LogP contribution < -0.4 is 5.32 Å². The molecular formula is C19H17N3O2. The predicted molar refractivity (Wildman–Crippen MR) is 92.2 cm³/mol. The highest BCUT2D eigenvalue weighted by molar-refractivity contribution is 5.80. The number of hydrogen-bond acceptors (Lipinski definition) is 3. The maximum Gasteiger partial charge on any atom is 0.408 e. The Kier molecular flexibility index (Phi) is 4.78. The van der Waals surface area contributed by atoms with E-state index < -0.39 is 6.09 Å². The van der Waals surface area contributed by atoms with Gasteiger partial charge in [0, 0.05) is 18.0 Å². The number of alkyl carbamates (subject to hydrolysis) is 1. The van der Waals surface area contributed by atoms with Crippen molar-refractivity contribution in [1.29, 1.82) is 0 Å². The van der Waals surface area contributed by atoms with Crippen molar-refractivity contribution in [3.63, 3.8) is 0 Å². The van der Waals surface area contributed by atoms with Gasteiger partial charge in [0.05, 0.1) is 18.3 Å². The summed E-state index contributed by atoms with van der Waals surface area (Å²) in [7, 11) is 1.89. The third-order valence-electron chi connectivity index (χ3n) is 3.52. The van der Waals surface area contributed by atoms with E-state index in [1.165, 1.54) is 0 Å². The van der Waals surface area contributed by atoms with E-state index in [1.54, 1.807) is 4.68 Å². The third kappa shape index (κ3) is 3.93. The number of amides is 1. The number of carbonyl (C=O) groups excluding carboxylic acids is 1. The van der Waals surface area contributed by atoms with Crippen LogP contribution in [0.15, 0.2) is 54.7 Å². The number of ether oxygens (including phenoxy) is 1. The van der Waals surface area contributed by atoms with E-state index in [0.717, 1.165) is 22.0 Å². The van der Waals surface area contributed by atoms with Crippen LogP contribution in [0.25, 0.3) is 10.9 Å². The van der Waals surface area contributed by atoms with E-state index in [-0.39, 0.29) is 13.2 Å². The number of hydrogen-bond donors (Lipinski definition) is 1. The Morgan fingerprint density at radius 1 is 1.25 bits per heavy atom. The Morgan fingerprint density at radius 2 is 2.08 bits per heavy atom. The molecule has 0 saturated carbocycles. The first-order chi connectivity index (χ1) is 11.7. The highest BCUT2D eigenvalue weighted by atomic mass is 16.5. The average Bonchev–Trinajstić information content (AvgIpc) is 2.98. The van der Waals surface area contributed by atoms with E-state index in [2.05, 4.69) is 22.3 Å². The molecule has 0 saturated heterocycles. The zero-order chi connectivity index (χ0) is 16.8. The quantitative estimate of drug-likeness (QED) is 0.755. The van der Waals surface area contributed by atoms with E-state index >= 15 is 0 Å². The lowest BCUT2D eigenvalue weighted by atomic mass is 10.2. The van der Waals surface area contributed by atoms with Crippen LogP contribution >= 0.6 is 0 Å². The molecule has 3 aromatic rings. The number of carbonyl (C=O) groups is 1. The zero-order valence-electron chi connectivity index (χ0n) is 13.3. The Labute approximate surface area is 140 Å². The fourth-order valence-corrected chi connectivity index (χ4v) is 2.26. The van der Waals surface area contributed by atoms with Gasteiger partial charge in [-0.2, -0.15) is 5.10 Å². The fourth-order valence-electron chi connectivity index (χ4n) is 2.26. The lowest BCUT2D eigenvalue weighted by molar-refractivity contribution is 0.141. The Balaban J connectivity index is 1.49. The number of aryl methyl sites for hydroxylation is 1. The summed E-state index contributed by atoms with van der Waals surface area (Å²) in [5, 5.41) is 7.89. The number of fused-ring (bicyclic) bond motifs is 1. The minimum Gasteiger partial charge on any atom is -0.445 e. The van der Waals surface area contributed by atoms with Gasteiger partial charge in [-0.3, -0.25) is 4.68 Å². The summed E-state index contributed by atoms with van der Waals surface area (Å²) in [6, 6.07) is 15.4. The van der Waals surface area contributed by atoms with Crippen LogP contribution in [0.1, 0.15) is 11.1 Å². The van der Waals surface area contributed by atoms with Gasteiger partial charge in [-0.25, -0.2) is 4.79 Å². The molecule has 1 heterocycles. The molecule has 0 aliphatic rings. The van der Waals surface area contributed by atoms with Crippen molar-refractivity contribution in [3.8, 4) is 11.8 Å². The zero-order valence-corrected chi connectivity index (χ0v) is 13.3. The lowest BCUT2D eigenvalue weighted by Gasteiger charge is -2.04. The largest absolute Gasteiger partial charge is 0.445 e. The van der Waals surface area contributed by atoms with E-state index in [0.29, 0.717) is 0 Å². The van der Waals surface area contributed by atoms with Gasteiger partial charge < -0.3 is 10.1 Å². The van der Waals surface area contributed by atoms with Gasteiger partial charge in [0.2, 0.25) is 0 Å². The number of benzene rings is 2. The number of rotatable bonds is 3. The molecule has 0 radical (unpaired) electrons. The molecule has 1 aromatic heterocycles. The summed E-state index contributed by atoms with van der Waals surface area (Å²) in [6.45, 7) is 0.480. The van der Waals surface area contributed by atoms with Crippen molar-refractivity contribution in [3.05, 3.63) is 65.9 Å². The van der Waals surface area contributed by atoms with E-state index in [9.17, 15) is 4.79 Å². The average molecular weight is 319 g/mol. The number of aromatic nitrogens is 2. The molecule has 0 spiro atoms. The van der Waals surface area contributed by atoms with Crippen molar-refractivity contribution in [2.75, 3.05) is 6.54 Å². The lowest BCUT2D eigenvalue weighted by Crippen LogP contribution is -2.24. The van der Waals surface area contributed by atoms with Crippen LogP contribution in [0.5, 0.6) is 0 Å². The predicted octanol–water partition coefficient (Wildman–Crippen LogP) is 2.85. The molecule has 0 atom stereocenters. The number of nitrogens with zero attached hydrogens (tertiary/aromatic N) is 2. The summed E-state index contributed by atoms with van der Waals surface area (Å²) in [5.41, 5.74) is 2.85. The molecule has 2 aromatic carbocycles. The first-order valence-electron chi connectivity index (χ1n) is 7.57. The molecule has 5 heteroatoms. The van der Waals surface area contributed by atoms with E-state index in [1.807, 2.05) is 61.8 Å². The number of nitrogens with one attached hydrogen (secondary N) is 1. The molecule has 1 amide bonds. The maximum atomic E-state index is 11.6. The molecular weight excluding hydrogens is 302 g/mol. The Bertz CT molecular complexity index is 905. The summed E-state index contributed by atoms with van der Waals surface area (Å²) >= 11 is 0. The summed E-state index contributed by atoms with van der Waals surface area (Å²) < 4.78 is 6.92. The molecule has 120 valence electrons. The SMILES string of the molecule is Cn1ncc2ccc(C#CCNC(=O)OCc3ccccc3)cc21. The van der Waals surface area contributed by atoms with Crippen molar-refractivity contribution >= 4 is 17.0 Å². The first-order valence-corrected chi connectivity index (χ1v) is 7.57. The van der Waals surface area contributed by atoms with Gasteiger partial charge in [-0.1, -0.05) is 42.2 Å². The molecule has 0 bridgehead atoms. The minimum atomic E-state index is -0.477. The monoisotopic (exact) mass is 319 g/mol. The molecule has 3 rings (SSSR count). The summed E-state index contributed by atoms with van der Waals surface area (Å²) in [4.78, 5) is 11.6. The second-order valence-electron chi connectivity index (χ2n) is 5.26. The van der Waals surface area contributed by atoms with Crippen LogP contribution in [0, 0.1) is 11.8 Å². The molecule has 24 heavy (non-hydrogen) atoms. The van der Waals surface area contributed by atoms with Gasteiger partial charge in [-0.15, -0.1) is 0 Å². The third-order valence-corrected chi connectivity index (χ3v) is 3.52. The van der Waals surface area contributed by atoms with E-state index in [4.69, 9.17) is 4.74 Å². The smallest absolute Gasteiger partial charge is 0.408 e. The van der Waals surface area contributed by atoms with Crippen LogP contribution in [-0.2, 0) is 18.4 Å². The molecule has 0 aliphatic heterocycles. The summed E-state index contributed by atoms with van der Waals surface area (Å²) in [5.74, 6) is 5.94. The van der Waals surface area contributed by atoms with Crippen LogP contribution in [0.4, 0.5) is 4.79 Å². The van der Waals surface area contributed by atoms with Crippen molar-refractivity contribution in [2.24, 2.45) is 7.05 Å². The molecule has 0 aliphatic carbocycles. The fraction of sp³-hybridized carbons (Fsp3) is 0.158. The van der Waals surface area contributed by atoms with Gasteiger partial charge in [0.25, 0.3) is 0 Å². The molecule has 5 nitrogen and oxygen atoms in total. The molecule has 1 N–H and O–H groups in total. The normalized spacial score (nSPS) is 10.0. The topological polar surface area (TPSA) is 56.2 Å². The van der Waals surface area contributed by atoms with Crippen molar-refractivity contribution in [2.45, 2.75) is 6.61 Å². The highest BCUT2D eigenvalue weighted by Crippen LogP contribution is 2.13. The van der Waals surface area contributed by atoms with Crippen molar-refractivity contribution < 1.29 is 9.53 Å². The molecule has 0 unspecified atom stereocenters. The standard InChI is InChI=1S/C19H17N3O2/c1-22-18-12-15(9-10-17(18)13-21-22)8-5-11-20-19(23)24-14-16-6-3-2-4-7-16/h2-4,6-7,9-10,12-13H,11,14H2,1H3,(H,20,23). The maximum absolute atomic E-state index is 11.6. The molecule has 0 fully saturated rings. The van der Waals surface area contributed by atoms with Crippen LogP contribution in [-0.4, -0.2) is 22.4 Å². The van der Waals surface area contributed by atoms with Gasteiger partial charge in [0.1, 0.15) is 6.61 Å². The second-order valence-corrected chi connectivity index (χ2v) is 5.26. The van der Waals surface area contributed by atoms with Crippen molar-refractivity contribution in [1.82, 2.24) is 15.1 Å². The Morgan fingerprint density at radius 3 is 2.92 bits per heavy atom. The van der Waals surface area contributed by atoms with Gasteiger partial charge in [-0.05, 0) is 23.8 Å². The van der Waals surface area contributed by atoms with Crippen LogP contribution in [0.2, 0.25) is 0 Å². The van der Waals surface area contributed by atoms with Gasteiger partial charge >= 0.3 is 6.09 Å². The first kappa shape index (κ1) is 15.6.